The molecule has 214 valence electrons. The van der Waals surface area contributed by atoms with Gasteiger partial charge in [0.25, 0.3) is 5.56 Å². The molecule has 1 fully saturated rings. The average Bonchev–Trinajstić information content (AvgIpc) is 3.15. The summed E-state index contributed by atoms with van der Waals surface area (Å²) in [5, 5.41) is 30.9. The highest BCUT2D eigenvalue weighted by Crippen LogP contribution is 2.51. The van der Waals surface area contributed by atoms with Crippen molar-refractivity contribution >= 4 is 7.60 Å². The van der Waals surface area contributed by atoms with E-state index in [4.69, 9.17) is 9.26 Å². The molecule has 0 spiro atoms. The highest BCUT2D eigenvalue weighted by Gasteiger charge is 2.52. The maximum Gasteiger partial charge on any atom is 0.359 e. The van der Waals surface area contributed by atoms with Crippen molar-refractivity contribution in [3.63, 3.8) is 0 Å². The Morgan fingerprint density at radius 3 is 1.97 bits per heavy atom. The predicted octanol–water partition coefficient (Wildman–Crippen LogP) is 3.16. The molecule has 2 rings (SSSR count). The molecule has 2 unspecified atom stereocenters. The van der Waals surface area contributed by atoms with Crippen LogP contribution in [0.25, 0.3) is 0 Å². The quantitative estimate of drug-likeness (QED) is 0.129. The largest absolute Gasteiger partial charge is 0.387 e. The average molecular weight is 549 g/mol. The van der Waals surface area contributed by atoms with Crippen LogP contribution >= 0.6 is 7.60 Å². The summed E-state index contributed by atoms with van der Waals surface area (Å²) in [4.78, 5) is 35.4. The zero-order chi connectivity index (χ0) is 27.3. The summed E-state index contributed by atoms with van der Waals surface area (Å²) in [6.45, 7) is 2.19. The standard InChI is InChI=1S/C25H45N2O9P/c1-2-3-4-5-6-7-8-9-10-11-12-13-14-15-18-35-37(33,34)24(31)22-20(29)21(30)23(36-22)27-17-16-19(28)26-25(27)32/h16-17,20-24,29-31H,2-15,18H2,1H3,(H,33,34)(H,26,28,32)/t20-,21+,22-,23+,24?/m0/s1. The lowest BCUT2D eigenvalue weighted by Crippen LogP contribution is -2.39. The Balaban J connectivity index is 1.62. The van der Waals surface area contributed by atoms with Crippen LogP contribution in [0.2, 0.25) is 0 Å². The first kappa shape index (κ1) is 31.9. The molecular weight excluding hydrogens is 503 g/mol. The summed E-state index contributed by atoms with van der Waals surface area (Å²) >= 11 is 0. The summed E-state index contributed by atoms with van der Waals surface area (Å²) in [6.07, 6.45) is 10.9. The van der Waals surface area contributed by atoms with Crippen molar-refractivity contribution in [3.8, 4) is 0 Å². The Kier molecular flexibility index (Phi) is 14.3. The molecule has 1 saturated heterocycles. The number of hydrogen-bond donors (Lipinski definition) is 5. The van der Waals surface area contributed by atoms with Crippen LogP contribution in [0.3, 0.4) is 0 Å². The first-order valence-electron chi connectivity index (χ1n) is 13.7. The number of unbranched alkanes of at least 4 members (excludes halogenated alkanes) is 13. The molecule has 11 nitrogen and oxygen atoms in total. The van der Waals surface area contributed by atoms with E-state index >= 15 is 0 Å². The molecule has 1 aromatic rings. The third-order valence-corrected chi connectivity index (χ3v) is 8.32. The van der Waals surface area contributed by atoms with Gasteiger partial charge < -0.3 is 29.5 Å². The van der Waals surface area contributed by atoms with Gasteiger partial charge in [-0.05, 0) is 6.42 Å². The molecule has 0 bridgehead atoms. The molecule has 0 radical (unpaired) electrons. The molecular formula is C25H45N2O9P. The van der Waals surface area contributed by atoms with Gasteiger partial charge in [0.2, 0.25) is 0 Å². The topological polar surface area (TPSA) is 171 Å². The second-order valence-corrected chi connectivity index (χ2v) is 11.8. The Bertz CT molecular complexity index is 937. The maximum atomic E-state index is 12.5. The first-order chi connectivity index (χ1) is 17.7. The second kappa shape index (κ2) is 16.6. The number of rotatable bonds is 19. The summed E-state index contributed by atoms with van der Waals surface area (Å²) in [5.41, 5.74) is -1.57. The highest BCUT2D eigenvalue weighted by molar-refractivity contribution is 7.53. The van der Waals surface area contributed by atoms with Crippen molar-refractivity contribution in [2.24, 2.45) is 0 Å². The van der Waals surface area contributed by atoms with E-state index in [9.17, 15) is 34.4 Å². The normalized spacial score (nSPS) is 24.2. The molecule has 12 heteroatoms. The minimum absolute atomic E-state index is 0.0446. The van der Waals surface area contributed by atoms with Crippen molar-refractivity contribution in [2.75, 3.05) is 6.61 Å². The van der Waals surface area contributed by atoms with Gasteiger partial charge in [-0.1, -0.05) is 90.4 Å². The van der Waals surface area contributed by atoms with Crippen molar-refractivity contribution in [2.45, 2.75) is 127 Å². The molecule has 1 aromatic heterocycles. The molecule has 5 N–H and O–H groups in total. The number of nitrogens with one attached hydrogen (secondary N) is 1. The SMILES string of the molecule is CCCCCCCCCCCCCCCCOP(=O)(O)C(O)[C@H]1O[C@@H](n2ccc(=O)[nH]c2=O)[C@H](O)[C@@H]1O. The van der Waals surface area contributed by atoms with E-state index in [2.05, 4.69) is 6.92 Å². The van der Waals surface area contributed by atoms with E-state index in [1.54, 1.807) is 0 Å². The minimum atomic E-state index is -4.61. The van der Waals surface area contributed by atoms with Crippen LogP contribution in [-0.4, -0.2) is 60.5 Å². The van der Waals surface area contributed by atoms with Gasteiger partial charge in [-0.25, -0.2) is 4.79 Å². The summed E-state index contributed by atoms with van der Waals surface area (Å²) in [7, 11) is -4.61. The Hall–Kier alpha value is -1.33. The number of aliphatic hydroxyl groups excluding tert-OH is 3. The monoisotopic (exact) mass is 548 g/mol. The maximum absolute atomic E-state index is 12.5. The first-order valence-corrected chi connectivity index (χ1v) is 15.3. The van der Waals surface area contributed by atoms with Crippen LogP contribution in [0.15, 0.2) is 21.9 Å². The molecule has 0 amide bonds. The van der Waals surface area contributed by atoms with Crippen molar-refractivity contribution in [1.82, 2.24) is 9.55 Å². The van der Waals surface area contributed by atoms with E-state index in [1.807, 2.05) is 4.98 Å². The minimum Gasteiger partial charge on any atom is -0.387 e. The molecule has 6 atom stereocenters. The third-order valence-electron chi connectivity index (χ3n) is 6.80. The van der Waals surface area contributed by atoms with Crippen LogP contribution in [-0.2, 0) is 13.8 Å². The number of aliphatic hydroxyl groups is 3. The lowest BCUT2D eigenvalue weighted by Gasteiger charge is -2.24. The number of aromatic nitrogens is 2. The zero-order valence-corrected chi connectivity index (χ0v) is 22.8. The second-order valence-electron chi connectivity index (χ2n) is 9.90. The number of nitrogens with zero attached hydrogens (tertiary/aromatic N) is 1. The fraction of sp³-hybridized carbons (Fsp3) is 0.840. The Morgan fingerprint density at radius 2 is 1.46 bits per heavy atom. The molecule has 1 aliphatic rings. The van der Waals surface area contributed by atoms with E-state index in [1.165, 1.54) is 64.2 Å². The van der Waals surface area contributed by atoms with Gasteiger partial charge >= 0.3 is 13.3 Å². The van der Waals surface area contributed by atoms with Crippen molar-refractivity contribution in [3.05, 3.63) is 33.1 Å². The van der Waals surface area contributed by atoms with Crippen LogP contribution in [0.5, 0.6) is 0 Å². The van der Waals surface area contributed by atoms with Crippen LogP contribution in [0, 0.1) is 0 Å². The lowest BCUT2D eigenvalue weighted by atomic mass is 10.0. The lowest BCUT2D eigenvalue weighted by molar-refractivity contribution is -0.0705. The number of hydrogen-bond acceptors (Lipinski definition) is 8. The van der Waals surface area contributed by atoms with Gasteiger partial charge in [-0.15, -0.1) is 0 Å². The van der Waals surface area contributed by atoms with Crippen LogP contribution in [0.1, 0.15) is 103 Å². The molecule has 0 aromatic carbocycles. The van der Waals surface area contributed by atoms with Gasteiger partial charge in [-0.2, -0.15) is 0 Å². The van der Waals surface area contributed by atoms with E-state index < -0.39 is 49.2 Å². The molecule has 0 aliphatic carbocycles. The Morgan fingerprint density at radius 1 is 0.946 bits per heavy atom. The molecule has 2 heterocycles. The van der Waals surface area contributed by atoms with Gasteiger partial charge in [-0.3, -0.25) is 18.9 Å². The zero-order valence-electron chi connectivity index (χ0n) is 21.9. The van der Waals surface area contributed by atoms with Crippen molar-refractivity contribution < 1.29 is 34.0 Å². The van der Waals surface area contributed by atoms with Crippen LogP contribution < -0.4 is 11.2 Å². The fourth-order valence-electron chi connectivity index (χ4n) is 4.54. The summed E-state index contributed by atoms with van der Waals surface area (Å²) < 4.78 is 23.8. The predicted molar refractivity (Wildman–Crippen MR) is 139 cm³/mol. The number of aromatic amines is 1. The van der Waals surface area contributed by atoms with Gasteiger partial charge in [0.15, 0.2) is 12.1 Å². The van der Waals surface area contributed by atoms with E-state index in [0.717, 1.165) is 36.1 Å². The smallest absolute Gasteiger partial charge is 0.359 e. The van der Waals surface area contributed by atoms with Crippen LogP contribution in [0.4, 0.5) is 0 Å². The van der Waals surface area contributed by atoms with Gasteiger partial charge in [0.1, 0.15) is 18.3 Å². The number of ether oxygens (including phenoxy) is 1. The Labute approximate surface area is 218 Å². The van der Waals surface area contributed by atoms with E-state index in [0.29, 0.717) is 6.42 Å². The summed E-state index contributed by atoms with van der Waals surface area (Å²) in [6, 6.07) is 1.02. The molecule has 1 aliphatic heterocycles. The fourth-order valence-corrected chi connectivity index (χ4v) is 5.70. The van der Waals surface area contributed by atoms with Gasteiger partial charge in [0.05, 0.1) is 6.61 Å². The van der Waals surface area contributed by atoms with Crippen molar-refractivity contribution in [1.29, 1.82) is 0 Å². The highest BCUT2D eigenvalue weighted by atomic mass is 31.2. The van der Waals surface area contributed by atoms with E-state index in [-0.39, 0.29) is 6.61 Å². The third kappa shape index (κ3) is 10.4. The molecule has 37 heavy (non-hydrogen) atoms. The van der Waals surface area contributed by atoms with Gasteiger partial charge in [0, 0.05) is 12.3 Å². The number of H-pyrrole nitrogens is 1. The summed E-state index contributed by atoms with van der Waals surface area (Å²) in [5.74, 6) is -2.13. The molecule has 0 saturated carbocycles.